The van der Waals surface area contributed by atoms with E-state index in [2.05, 4.69) is 12.2 Å². The van der Waals surface area contributed by atoms with E-state index >= 15 is 0 Å². The second-order valence-corrected chi connectivity index (χ2v) is 6.64. The summed E-state index contributed by atoms with van der Waals surface area (Å²) in [6.45, 7) is 4.25. The zero-order valence-electron chi connectivity index (χ0n) is 13.5. The molecule has 2 rings (SSSR count). The van der Waals surface area contributed by atoms with Crippen molar-refractivity contribution in [2.24, 2.45) is 0 Å². The number of rotatable bonds is 6. The highest BCUT2D eigenvalue weighted by atomic mass is 16.5. The summed E-state index contributed by atoms with van der Waals surface area (Å²) < 4.78 is 12.2. The topological polar surface area (TPSA) is 30.5 Å². The molecule has 0 bridgehead atoms. The molecule has 0 amide bonds. The maximum atomic E-state index is 6.69. The smallest absolute Gasteiger partial charge is 0.0810 e. The average Bonchev–Trinajstić information content (AvgIpc) is 2.71. The van der Waals surface area contributed by atoms with Crippen molar-refractivity contribution in [3.05, 3.63) is 0 Å². The van der Waals surface area contributed by atoms with Crippen LogP contribution in [0.4, 0.5) is 0 Å². The van der Waals surface area contributed by atoms with Crippen molar-refractivity contribution in [3.8, 4) is 0 Å². The fourth-order valence-electron chi connectivity index (χ4n) is 3.84. The monoisotopic (exact) mass is 283 g/mol. The Morgan fingerprint density at radius 1 is 1.00 bits per heavy atom. The highest BCUT2D eigenvalue weighted by Gasteiger charge is 2.35. The summed E-state index contributed by atoms with van der Waals surface area (Å²) in [6, 6.07) is 0. The van der Waals surface area contributed by atoms with Crippen LogP contribution in [0.2, 0.25) is 0 Å². The minimum Gasteiger partial charge on any atom is -0.381 e. The van der Waals surface area contributed by atoms with Crippen LogP contribution in [0, 0.1) is 0 Å². The lowest BCUT2D eigenvalue weighted by molar-refractivity contribution is -0.128. The van der Waals surface area contributed by atoms with Gasteiger partial charge in [-0.2, -0.15) is 0 Å². The van der Waals surface area contributed by atoms with E-state index in [1.165, 1.54) is 57.8 Å². The predicted octanol–water partition coefficient (Wildman–Crippen LogP) is 3.66. The Balaban J connectivity index is 1.94. The van der Waals surface area contributed by atoms with Crippen molar-refractivity contribution in [2.45, 2.75) is 88.9 Å². The number of methoxy groups -OCH3 is 1. The normalized spacial score (nSPS) is 30.9. The van der Waals surface area contributed by atoms with Gasteiger partial charge in [-0.15, -0.1) is 0 Å². The van der Waals surface area contributed by atoms with E-state index in [0.29, 0.717) is 12.2 Å². The number of likely N-dealkylation sites (N-methyl/N-ethyl adjacent to an activating group) is 1. The van der Waals surface area contributed by atoms with Gasteiger partial charge in [0.25, 0.3) is 0 Å². The first kappa shape index (κ1) is 16.3. The third-order valence-electron chi connectivity index (χ3n) is 5.04. The molecule has 2 unspecified atom stereocenters. The van der Waals surface area contributed by atoms with E-state index in [-0.39, 0.29) is 5.60 Å². The Bertz CT molecular complexity index is 262. The predicted molar refractivity (Wildman–Crippen MR) is 83.1 cm³/mol. The maximum absolute atomic E-state index is 6.69. The molecule has 118 valence electrons. The Labute approximate surface area is 124 Å². The van der Waals surface area contributed by atoms with Crippen molar-refractivity contribution in [1.82, 2.24) is 5.32 Å². The Kier molecular flexibility index (Phi) is 6.79. The summed E-state index contributed by atoms with van der Waals surface area (Å²) in [4.78, 5) is 0. The van der Waals surface area contributed by atoms with Crippen LogP contribution in [-0.4, -0.2) is 38.0 Å². The van der Waals surface area contributed by atoms with Crippen LogP contribution in [0.3, 0.4) is 0 Å². The van der Waals surface area contributed by atoms with Gasteiger partial charge < -0.3 is 14.8 Å². The van der Waals surface area contributed by atoms with Crippen LogP contribution in [0.15, 0.2) is 0 Å². The van der Waals surface area contributed by atoms with Crippen LogP contribution in [0.1, 0.15) is 71.1 Å². The van der Waals surface area contributed by atoms with Crippen molar-refractivity contribution < 1.29 is 9.47 Å². The Morgan fingerprint density at radius 2 is 1.70 bits per heavy atom. The lowest BCUT2D eigenvalue weighted by Crippen LogP contribution is -2.46. The standard InChI is InChI=1S/C17H33NO2/c1-3-18-14-17(11-6-4-5-7-12-17)20-16-10-8-9-15(13-16)19-2/h15-16,18H,3-14H2,1-2H3. The first-order valence-electron chi connectivity index (χ1n) is 8.69. The third-order valence-corrected chi connectivity index (χ3v) is 5.04. The molecule has 0 radical (unpaired) electrons. The molecule has 0 saturated heterocycles. The van der Waals surface area contributed by atoms with Gasteiger partial charge in [-0.3, -0.25) is 0 Å². The SMILES string of the molecule is CCNCC1(OC2CCCC(OC)C2)CCCCCC1. The average molecular weight is 283 g/mol. The summed E-state index contributed by atoms with van der Waals surface area (Å²) in [5, 5.41) is 3.55. The lowest BCUT2D eigenvalue weighted by Gasteiger charge is -2.39. The molecule has 0 spiro atoms. The zero-order valence-corrected chi connectivity index (χ0v) is 13.5. The highest BCUT2D eigenvalue weighted by molar-refractivity contribution is 4.88. The molecule has 0 aromatic rings. The molecule has 0 heterocycles. The summed E-state index contributed by atoms with van der Waals surface area (Å²) >= 11 is 0. The quantitative estimate of drug-likeness (QED) is 0.755. The third kappa shape index (κ3) is 4.71. The van der Waals surface area contributed by atoms with Crippen LogP contribution >= 0.6 is 0 Å². The van der Waals surface area contributed by atoms with Crippen LogP contribution in [0.25, 0.3) is 0 Å². The van der Waals surface area contributed by atoms with Crippen molar-refractivity contribution in [2.75, 3.05) is 20.2 Å². The van der Waals surface area contributed by atoms with Crippen molar-refractivity contribution in [1.29, 1.82) is 0 Å². The molecule has 0 aromatic carbocycles. The second-order valence-electron chi connectivity index (χ2n) is 6.64. The number of nitrogens with one attached hydrogen (secondary N) is 1. The van der Waals surface area contributed by atoms with E-state index in [0.717, 1.165) is 19.5 Å². The van der Waals surface area contributed by atoms with Gasteiger partial charge in [0.15, 0.2) is 0 Å². The molecule has 0 aromatic heterocycles. The minimum atomic E-state index is 0.0901. The van der Waals surface area contributed by atoms with Gasteiger partial charge in [0.2, 0.25) is 0 Å². The largest absolute Gasteiger partial charge is 0.381 e. The summed E-state index contributed by atoms with van der Waals surface area (Å²) in [6.07, 6.45) is 13.4. The molecule has 2 atom stereocenters. The molecule has 2 aliphatic rings. The number of hydrogen-bond donors (Lipinski definition) is 1. The molecule has 2 fully saturated rings. The molecule has 1 N–H and O–H groups in total. The van der Waals surface area contributed by atoms with Gasteiger partial charge in [-0.1, -0.05) is 32.6 Å². The van der Waals surface area contributed by atoms with Gasteiger partial charge in [0.1, 0.15) is 0 Å². The van der Waals surface area contributed by atoms with E-state index in [1.807, 2.05) is 7.11 Å². The summed E-state index contributed by atoms with van der Waals surface area (Å²) in [5.41, 5.74) is 0.0901. The molecule has 0 aliphatic heterocycles. The lowest BCUT2D eigenvalue weighted by atomic mass is 9.90. The molecular weight excluding hydrogens is 250 g/mol. The first-order valence-corrected chi connectivity index (χ1v) is 8.69. The van der Waals surface area contributed by atoms with E-state index in [4.69, 9.17) is 9.47 Å². The molecule has 3 heteroatoms. The fourth-order valence-corrected chi connectivity index (χ4v) is 3.84. The number of hydrogen-bond acceptors (Lipinski definition) is 3. The maximum Gasteiger partial charge on any atom is 0.0810 e. The van der Waals surface area contributed by atoms with Crippen LogP contribution in [0.5, 0.6) is 0 Å². The van der Waals surface area contributed by atoms with Gasteiger partial charge in [0.05, 0.1) is 17.8 Å². The van der Waals surface area contributed by atoms with E-state index < -0.39 is 0 Å². The van der Waals surface area contributed by atoms with Crippen LogP contribution in [-0.2, 0) is 9.47 Å². The molecular formula is C17H33NO2. The van der Waals surface area contributed by atoms with Gasteiger partial charge in [0, 0.05) is 13.7 Å². The minimum absolute atomic E-state index is 0.0901. The zero-order chi connectivity index (χ0) is 14.3. The van der Waals surface area contributed by atoms with Crippen molar-refractivity contribution in [3.63, 3.8) is 0 Å². The first-order chi connectivity index (χ1) is 9.78. The van der Waals surface area contributed by atoms with Crippen molar-refractivity contribution >= 4 is 0 Å². The van der Waals surface area contributed by atoms with Gasteiger partial charge in [-0.05, 0) is 45.1 Å². The van der Waals surface area contributed by atoms with Gasteiger partial charge in [-0.25, -0.2) is 0 Å². The fraction of sp³-hybridized carbons (Fsp3) is 1.00. The van der Waals surface area contributed by atoms with E-state index in [9.17, 15) is 0 Å². The number of ether oxygens (including phenoxy) is 2. The summed E-state index contributed by atoms with van der Waals surface area (Å²) in [7, 11) is 1.84. The molecule has 2 saturated carbocycles. The molecule has 20 heavy (non-hydrogen) atoms. The Morgan fingerprint density at radius 3 is 2.35 bits per heavy atom. The highest BCUT2D eigenvalue weighted by Crippen LogP contribution is 2.34. The van der Waals surface area contributed by atoms with E-state index in [1.54, 1.807) is 0 Å². The van der Waals surface area contributed by atoms with Crippen LogP contribution < -0.4 is 5.32 Å². The van der Waals surface area contributed by atoms with Gasteiger partial charge >= 0.3 is 0 Å². The molecule has 3 nitrogen and oxygen atoms in total. The second kappa shape index (κ2) is 8.35. The molecule has 2 aliphatic carbocycles. The Hall–Kier alpha value is -0.120. The summed E-state index contributed by atoms with van der Waals surface area (Å²) in [5.74, 6) is 0.